The number of alkyl halides is 3. The Kier molecular flexibility index (Phi) is 4.81. The molecule has 0 heterocycles. The molecule has 0 saturated heterocycles. The fraction of sp³-hybridized carbons (Fsp3) is 0.143. The van der Waals surface area contributed by atoms with E-state index in [9.17, 15) is 21.6 Å². The summed E-state index contributed by atoms with van der Waals surface area (Å²) in [6.07, 6.45) is -4.74. The van der Waals surface area contributed by atoms with Crippen LogP contribution < -0.4 is 9.47 Å². The van der Waals surface area contributed by atoms with Crippen molar-refractivity contribution in [1.29, 1.82) is 0 Å². The summed E-state index contributed by atoms with van der Waals surface area (Å²) in [6, 6.07) is 10.2. The van der Waals surface area contributed by atoms with E-state index in [1.165, 1.54) is 36.4 Å². The molecule has 0 amide bonds. The first-order chi connectivity index (χ1) is 10.6. The van der Waals surface area contributed by atoms with Crippen LogP contribution in [0.3, 0.4) is 0 Å². The van der Waals surface area contributed by atoms with E-state index in [-0.39, 0.29) is 17.3 Å². The van der Waals surface area contributed by atoms with E-state index in [1.807, 2.05) is 0 Å². The van der Waals surface area contributed by atoms with Gasteiger partial charge in [-0.1, -0.05) is 12.1 Å². The summed E-state index contributed by atoms with van der Waals surface area (Å²) in [5.41, 5.74) is 0.596. The molecule has 5 nitrogen and oxygen atoms in total. The average molecular weight is 348 g/mol. The summed E-state index contributed by atoms with van der Waals surface area (Å²) in [4.78, 5) is -0.265. The monoisotopic (exact) mass is 348 g/mol. The first kappa shape index (κ1) is 17.1. The zero-order chi connectivity index (χ0) is 17.1. The Hall–Kier alpha value is -2.26. The fourth-order valence-electron chi connectivity index (χ4n) is 1.66. The summed E-state index contributed by atoms with van der Waals surface area (Å²) in [6.45, 7) is 0.0670. The molecule has 0 aromatic heterocycles. The lowest BCUT2D eigenvalue weighted by molar-refractivity contribution is -0.274. The summed E-state index contributed by atoms with van der Waals surface area (Å²) in [5.74, 6) is 0.00627. The lowest BCUT2D eigenvalue weighted by Gasteiger charge is -2.10. The zero-order valence-electron chi connectivity index (χ0n) is 11.4. The topological polar surface area (TPSA) is 72.8 Å². The van der Waals surface area contributed by atoms with Gasteiger partial charge in [-0.15, -0.1) is 13.2 Å². The van der Waals surface area contributed by atoms with E-state index < -0.39 is 16.5 Å². The lowest BCUT2D eigenvalue weighted by Crippen LogP contribution is -2.17. The standard InChI is InChI=1S/C14H11F3O5S/c15-14(16,17)22-12-3-1-10(2-4-12)9-21-11-5-7-13(8-6-11)23(18,19)20/h1-8H,9H2,(H,18,19,20). The molecule has 23 heavy (non-hydrogen) atoms. The second-order valence-corrected chi connectivity index (χ2v) is 5.85. The van der Waals surface area contributed by atoms with Crippen LogP contribution in [0.1, 0.15) is 5.56 Å². The molecule has 0 aliphatic rings. The van der Waals surface area contributed by atoms with Crippen LogP contribution in [-0.4, -0.2) is 19.3 Å². The molecule has 1 N–H and O–H groups in total. The third-order valence-corrected chi connectivity index (χ3v) is 3.55. The molecule has 0 radical (unpaired) electrons. The minimum Gasteiger partial charge on any atom is -0.489 e. The number of rotatable bonds is 5. The molecule has 0 spiro atoms. The molecule has 2 rings (SSSR count). The van der Waals surface area contributed by atoms with Crippen molar-refractivity contribution in [3.05, 3.63) is 54.1 Å². The zero-order valence-corrected chi connectivity index (χ0v) is 12.3. The van der Waals surface area contributed by atoms with E-state index in [4.69, 9.17) is 9.29 Å². The molecule has 0 unspecified atom stereocenters. The van der Waals surface area contributed by atoms with Crippen LogP contribution >= 0.6 is 0 Å². The van der Waals surface area contributed by atoms with Gasteiger partial charge in [0, 0.05) is 0 Å². The Morgan fingerprint density at radius 1 is 0.913 bits per heavy atom. The second-order valence-electron chi connectivity index (χ2n) is 4.43. The Morgan fingerprint density at radius 3 is 1.91 bits per heavy atom. The van der Waals surface area contributed by atoms with Gasteiger partial charge in [0.15, 0.2) is 0 Å². The van der Waals surface area contributed by atoms with Gasteiger partial charge in [-0.25, -0.2) is 0 Å². The van der Waals surface area contributed by atoms with Gasteiger partial charge in [-0.3, -0.25) is 4.55 Å². The van der Waals surface area contributed by atoms with E-state index in [0.29, 0.717) is 11.3 Å². The van der Waals surface area contributed by atoms with Gasteiger partial charge >= 0.3 is 6.36 Å². The van der Waals surface area contributed by atoms with Gasteiger partial charge in [0.25, 0.3) is 10.1 Å². The van der Waals surface area contributed by atoms with Crippen LogP contribution in [0.25, 0.3) is 0 Å². The summed E-state index contributed by atoms with van der Waals surface area (Å²) < 4.78 is 75.8. The van der Waals surface area contributed by atoms with Crippen molar-refractivity contribution in [2.75, 3.05) is 0 Å². The predicted molar refractivity (Wildman–Crippen MR) is 73.7 cm³/mol. The molecule has 0 aliphatic carbocycles. The maximum absolute atomic E-state index is 12.0. The predicted octanol–water partition coefficient (Wildman–Crippen LogP) is 3.41. The molecule has 124 valence electrons. The van der Waals surface area contributed by atoms with E-state index in [1.54, 1.807) is 0 Å². The van der Waals surface area contributed by atoms with Crippen LogP contribution in [0.4, 0.5) is 13.2 Å². The maximum atomic E-state index is 12.0. The van der Waals surface area contributed by atoms with Crippen molar-refractivity contribution in [2.45, 2.75) is 17.9 Å². The summed E-state index contributed by atoms with van der Waals surface area (Å²) in [5, 5.41) is 0. The average Bonchev–Trinajstić information content (AvgIpc) is 2.44. The molecular formula is C14H11F3O5S. The molecule has 0 atom stereocenters. The highest BCUT2D eigenvalue weighted by molar-refractivity contribution is 7.85. The number of halogens is 3. The Labute approximate surface area is 130 Å². The lowest BCUT2D eigenvalue weighted by atomic mass is 10.2. The third-order valence-electron chi connectivity index (χ3n) is 2.68. The van der Waals surface area contributed by atoms with E-state index in [2.05, 4.69) is 4.74 Å². The molecule has 2 aromatic carbocycles. The first-order valence-corrected chi connectivity index (χ1v) is 7.62. The van der Waals surface area contributed by atoms with Crippen LogP contribution in [0.5, 0.6) is 11.5 Å². The van der Waals surface area contributed by atoms with Crippen molar-refractivity contribution in [1.82, 2.24) is 0 Å². The highest BCUT2D eigenvalue weighted by Gasteiger charge is 2.30. The minimum atomic E-state index is -4.74. The van der Waals surface area contributed by atoms with Crippen molar-refractivity contribution >= 4 is 10.1 Å². The van der Waals surface area contributed by atoms with Crippen molar-refractivity contribution in [2.24, 2.45) is 0 Å². The van der Waals surface area contributed by atoms with Gasteiger partial charge in [-0.05, 0) is 42.0 Å². The highest BCUT2D eigenvalue weighted by atomic mass is 32.2. The molecule has 2 aromatic rings. The SMILES string of the molecule is O=S(=O)(O)c1ccc(OCc2ccc(OC(F)(F)F)cc2)cc1. The number of benzene rings is 2. The van der Waals surface area contributed by atoms with Crippen LogP contribution in [0.2, 0.25) is 0 Å². The first-order valence-electron chi connectivity index (χ1n) is 6.18. The smallest absolute Gasteiger partial charge is 0.489 e. The van der Waals surface area contributed by atoms with Crippen LogP contribution in [0, 0.1) is 0 Å². The highest BCUT2D eigenvalue weighted by Crippen LogP contribution is 2.23. The molecule has 9 heteroatoms. The number of ether oxygens (including phenoxy) is 2. The van der Waals surface area contributed by atoms with Crippen molar-refractivity contribution < 1.29 is 35.6 Å². The van der Waals surface area contributed by atoms with Gasteiger partial charge in [0.2, 0.25) is 0 Å². The quantitative estimate of drug-likeness (QED) is 0.839. The number of hydrogen-bond acceptors (Lipinski definition) is 4. The largest absolute Gasteiger partial charge is 0.573 e. The molecule has 0 bridgehead atoms. The summed E-state index contributed by atoms with van der Waals surface area (Å²) >= 11 is 0. The molecule has 0 aliphatic heterocycles. The normalized spacial score (nSPS) is 12.0. The van der Waals surface area contributed by atoms with Gasteiger partial charge in [-0.2, -0.15) is 8.42 Å². The fourth-order valence-corrected chi connectivity index (χ4v) is 2.14. The van der Waals surface area contributed by atoms with Gasteiger partial charge in [0.05, 0.1) is 4.90 Å². The third kappa shape index (κ3) is 5.46. The second kappa shape index (κ2) is 6.47. The molecular weight excluding hydrogens is 337 g/mol. The Bertz CT molecular complexity index is 752. The maximum Gasteiger partial charge on any atom is 0.573 e. The van der Waals surface area contributed by atoms with Crippen molar-refractivity contribution in [3.63, 3.8) is 0 Å². The van der Waals surface area contributed by atoms with Gasteiger partial charge in [0.1, 0.15) is 18.1 Å². The van der Waals surface area contributed by atoms with Crippen LogP contribution in [0.15, 0.2) is 53.4 Å². The molecule has 0 saturated carbocycles. The van der Waals surface area contributed by atoms with Crippen molar-refractivity contribution in [3.8, 4) is 11.5 Å². The van der Waals surface area contributed by atoms with Gasteiger partial charge < -0.3 is 9.47 Å². The van der Waals surface area contributed by atoms with Crippen LogP contribution in [-0.2, 0) is 16.7 Å². The Balaban J connectivity index is 1.96. The molecule has 0 fully saturated rings. The number of hydrogen-bond donors (Lipinski definition) is 1. The minimum absolute atomic E-state index is 0.0670. The Morgan fingerprint density at radius 2 is 1.43 bits per heavy atom. The summed E-state index contributed by atoms with van der Waals surface area (Å²) in [7, 11) is -4.27. The van der Waals surface area contributed by atoms with E-state index in [0.717, 1.165) is 12.1 Å². The van der Waals surface area contributed by atoms with E-state index >= 15 is 0 Å².